The number of aromatic nitrogens is 1. The highest BCUT2D eigenvalue weighted by Gasteiger charge is 2.13. The molecule has 1 aliphatic heterocycles. The summed E-state index contributed by atoms with van der Waals surface area (Å²) in [5.74, 6) is 0. The van der Waals surface area contributed by atoms with Crippen LogP contribution in [0.2, 0.25) is 0 Å². The molecule has 2 heterocycles. The second-order valence-corrected chi connectivity index (χ2v) is 4.72. The monoisotopic (exact) mass is 243 g/mol. The van der Waals surface area contributed by atoms with Gasteiger partial charge in [-0.05, 0) is 38.1 Å². The van der Waals surface area contributed by atoms with Gasteiger partial charge in [0.1, 0.15) is 0 Å². The van der Waals surface area contributed by atoms with Crippen molar-refractivity contribution in [2.24, 2.45) is 0 Å². The topological polar surface area (TPSA) is 46.1 Å². The smallest absolute Gasteiger partial charge is 0.269 e. The molecule has 0 aliphatic carbocycles. The molecule has 1 saturated heterocycles. The molecule has 0 bridgehead atoms. The zero-order chi connectivity index (χ0) is 12.4. The SMILES string of the molecule is O=c1ccc2ccccc2n1NC1CCNCC1. The Morgan fingerprint density at radius 2 is 1.89 bits per heavy atom. The molecule has 94 valence electrons. The average molecular weight is 243 g/mol. The van der Waals surface area contributed by atoms with E-state index in [-0.39, 0.29) is 5.56 Å². The molecule has 4 nitrogen and oxygen atoms in total. The summed E-state index contributed by atoms with van der Waals surface area (Å²) >= 11 is 0. The van der Waals surface area contributed by atoms with Crippen molar-refractivity contribution >= 4 is 10.9 Å². The maximum atomic E-state index is 12.0. The molecule has 1 aliphatic rings. The predicted octanol–water partition coefficient (Wildman–Crippen LogP) is 1.30. The summed E-state index contributed by atoms with van der Waals surface area (Å²) in [6.45, 7) is 2.02. The zero-order valence-corrected chi connectivity index (χ0v) is 10.2. The van der Waals surface area contributed by atoms with E-state index >= 15 is 0 Å². The largest absolute Gasteiger partial charge is 0.319 e. The number of para-hydroxylation sites is 1. The van der Waals surface area contributed by atoms with Crippen molar-refractivity contribution in [2.45, 2.75) is 18.9 Å². The van der Waals surface area contributed by atoms with Gasteiger partial charge in [-0.25, -0.2) is 4.68 Å². The molecule has 0 radical (unpaired) electrons. The molecule has 0 saturated carbocycles. The maximum Gasteiger partial charge on any atom is 0.269 e. The average Bonchev–Trinajstić information content (AvgIpc) is 2.43. The quantitative estimate of drug-likeness (QED) is 0.835. The number of nitrogens with zero attached hydrogens (tertiary/aromatic N) is 1. The van der Waals surface area contributed by atoms with E-state index < -0.39 is 0 Å². The Balaban J connectivity index is 1.99. The summed E-state index contributed by atoms with van der Waals surface area (Å²) in [5.41, 5.74) is 4.31. The number of nitrogens with one attached hydrogen (secondary N) is 2. The number of hydrogen-bond donors (Lipinski definition) is 2. The molecule has 2 aromatic rings. The molecule has 0 spiro atoms. The van der Waals surface area contributed by atoms with E-state index in [2.05, 4.69) is 10.7 Å². The minimum absolute atomic E-state index is 0.00670. The van der Waals surface area contributed by atoms with E-state index in [1.807, 2.05) is 30.3 Å². The lowest BCUT2D eigenvalue weighted by Gasteiger charge is -2.26. The summed E-state index contributed by atoms with van der Waals surface area (Å²) < 4.78 is 1.69. The van der Waals surface area contributed by atoms with Gasteiger partial charge >= 0.3 is 0 Å². The van der Waals surface area contributed by atoms with Crippen LogP contribution in [0.1, 0.15) is 12.8 Å². The van der Waals surface area contributed by atoms with E-state index in [0.717, 1.165) is 36.8 Å². The first-order valence-corrected chi connectivity index (χ1v) is 6.43. The number of piperidine rings is 1. The number of hydrogen-bond acceptors (Lipinski definition) is 3. The Labute approximate surface area is 106 Å². The van der Waals surface area contributed by atoms with Crippen molar-refractivity contribution in [3.63, 3.8) is 0 Å². The minimum Gasteiger partial charge on any atom is -0.319 e. The third kappa shape index (κ3) is 2.11. The Morgan fingerprint density at radius 3 is 2.72 bits per heavy atom. The lowest BCUT2D eigenvalue weighted by Crippen LogP contribution is -2.42. The number of fused-ring (bicyclic) bond motifs is 1. The predicted molar refractivity (Wildman–Crippen MR) is 73.5 cm³/mol. The molecule has 3 rings (SSSR count). The van der Waals surface area contributed by atoms with Gasteiger partial charge in [0.15, 0.2) is 0 Å². The second kappa shape index (κ2) is 4.82. The Hall–Kier alpha value is -1.81. The van der Waals surface area contributed by atoms with Crippen LogP contribution in [0.4, 0.5) is 0 Å². The highest BCUT2D eigenvalue weighted by molar-refractivity contribution is 5.78. The molecule has 4 heteroatoms. The molecular formula is C14H17N3O. The van der Waals surface area contributed by atoms with Gasteiger partial charge < -0.3 is 10.7 Å². The van der Waals surface area contributed by atoms with Crippen LogP contribution in [0.5, 0.6) is 0 Å². The molecule has 0 atom stereocenters. The van der Waals surface area contributed by atoms with Crippen LogP contribution >= 0.6 is 0 Å². The lowest BCUT2D eigenvalue weighted by molar-refractivity contribution is 0.454. The van der Waals surface area contributed by atoms with Gasteiger partial charge in [-0.2, -0.15) is 0 Å². The summed E-state index contributed by atoms with van der Waals surface area (Å²) in [5, 5.41) is 4.41. The summed E-state index contributed by atoms with van der Waals surface area (Å²) in [4.78, 5) is 12.0. The van der Waals surface area contributed by atoms with Gasteiger partial charge in [-0.3, -0.25) is 4.79 Å². The Bertz CT molecular complexity index is 599. The molecule has 1 aromatic heterocycles. The van der Waals surface area contributed by atoms with Crippen LogP contribution in [0.25, 0.3) is 10.9 Å². The summed E-state index contributed by atoms with van der Waals surface area (Å²) in [7, 11) is 0. The summed E-state index contributed by atoms with van der Waals surface area (Å²) in [6.07, 6.45) is 2.10. The van der Waals surface area contributed by atoms with Crippen molar-refractivity contribution in [1.29, 1.82) is 0 Å². The molecule has 2 N–H and O–H groups in total. The third-order valence-electron chi connectivity index (χ3n) is 3.45. The first kappa shape index (κ1) is 11.3. The fourth-order valence-electron chi connectivity index (χ4n) is 2.45. The lowest BCUT2D eigenvalue weighted by atomic mass is 10.1. The standard InChI is InChI=1S/C14H17N3O/c18-14-6-5-11-3-1-2-4-13(11)17(14)16-12-7-9-15-10-8-12/h1-6,12,15-16H,7-10H2. The first-order valence-electron chi connectivity index (χ1n) is 6.43. The van der Waals surface area contributed by atoms with Gasteiger partial charge in [0.25, 0.3) is 5.56 Å². The van der Waals surface area contributed by atoms with Crippen LogP contribution in [0, 0.1) is 0 Å². The van der Waals surface area contributed by atoms with Crippen molar-refractivity contribution in [1.82, 2.24) is 9.99 Å². The first-order chi connectivity index (χ1) is 8.84. The van der Waals surface area contributed by atoms with E-state index in [4.69, 9.17) is 0 Å². The molecule has 0 unspecified atom stereocenters. The highest BCUT2D eigenvalue weighted by atomic mass is 16.1. The Morgan fingerprint density at radius 1 is 1.11 bits per heavy atom. The highest BCUT2D eigenvalue weighted by Crippen LogP contribution is 2.11. The van der Waals surface area contributed by atoms with E-state index in [0.29, 0.717) is 6.04 Å². The fourth-order valence-corrected chi connectivity index (χ4v) is 2.45. The van der Waals surface area contributed by atoms with Crippen molar-refractivity contribution < 1.29 is 0 Å². The van der Waals surface area contributed by atoms with Crippen molar-refractivity contribution in [3.8, 4) is 0 Å². The molecule has 0 amide bonds. The molecule has 1 fully saturated rings. The number of benzene rings is 1. The molecular weight excluding hydrogens is 226 g/mol. The number of pyridine rings is 1. The van der Waals surface area contributed by atoms with Gasteiger partial charge in [0.05, 0.1) is 5.52 Å². The van der Waals surface area contributed by atoms with Crippen LogP contribution in [0.15, 0.2) is 41.2 Å². The third-order valence-corrected chi connectivity index (χ3v) is 3.45. The molecule has 1 aromatic carbocycles. The van der Waals surface area contributed by atoms with E-state index in [1.54, 1.807) is 10.7 Å². The summed E-state index contributed by atoms with van der Waals surface area (Å²) in [6, 6.07) is 11.8. The van der Waals surface area contributed by atoms with Crippen molar-refractivity contribution in [3.05, 3.63) is 46.8 Å². The zero-order valence-electron chi connectivity index (χ0n) is 10.2. The van der Waals surface area contributed by atoms with Crippen LogP contribution < -0.4 is 16.3 Å². The maximum absolute atomic E-state index is 12.0. The van der Waals surface area contributed by atoms with E-state index in [1.165, 1.54) is 0 Å². The van der Waals surface area contributed by atoms with Crippen LogP contribution in [-0.2, 0) is 0 Å². The van der Waals surface area contributed by atoms with Gasteiger partial charge in [-0.1, -0.05) is 18.2 Å². The van der Waals surface area contributed by atoms with Gasteiger partial charge in [-0.15, -0.1) is 0 Å². The Kier molecular flexibility index (Phi) is 3.02. The van der Waals surface area contributed by atoms with Gasteiger partial charge in [0, 0.05) is 17.5 Å². The van der Waals surface area contributed by atoms with Crippen LogP contribution in [0.3, 0.4) is 0 Å². The van der Waals surface area contributed by atoms with Crippen LogP contribution in [-0.4, -0.2) is 23.8 Å². The second-order valence-electron chi connectivity index (χ2n) is 4.72. The van der Waals surface area contributed by atoms with Crippen molar-refractivity contribution in [2.75, 3.05) is 18.5 Å². The van der Waals surface area contributed by atoms with Gasteiger partial charge in [0.2, 0.25) is 0 Å². The van der Waals surface area contributed by atoms with E-state index in [9.17, 15) is 4.79 Å². The fraction of sp³-hybridized carbons (Fsp3) is 0.357. The number of rotatable bonds is 2. The minimum atomic E-state index is 0.00670. The molecule has 18 heavy (non-hydrogen) atoms. The normalized spacial score (nSPS) is 16.9.